The number of nitrogens with one attached hydrogen (secondary N) is 1. The maximum atomic E-state index is 13.2. The third kappa shape index (κ3) is 3.39. The number of nitrogens with zero attached hydrogens (tertiary/aromatic N) is 4. The molecule has 122 valence electrons. The Morgan fingerprint density at radius 1 is 1.43 bits per heavy atom. The van der Waals surface area contributed by atoms with E-state index in [0.717, 1.165) is 12.1 Å². The lowest BCUT2D eigenvalue weighted by molar-refractivity contribution is 0.0597. The number of carbonyl (C=O) groups excluding carboxylic acids is 1. The van der Waals surface area contributed by atoms with Crippen LogP contribution < -0.4 is 5.32 Å². The van der Waals surface area contributed by atoms with E-state index in [4.69, 9.17) is 0 Å². The van der Waals surface area contributed by atoms with Crippen molar-refractivity contribution >= 4 is 5.91 Å². The van der Waals surface area contributed by atoms with Crippen molar-refractivity contribution in [3.8, 4) is 0 Å². The number of hydrogen-bond acceptors (Lipinski definition) is 4. The highest BCUT2D eigenvalue weighted by atomic mass is 19.1. The Morgan fingerprint density at radius 2 is 2.26 bits per heavy atom. The summed E-state index contributed by atoms with van der Waals surface area (Å²) < 4.78 is 14.8. The summed E-state index contributed by atoms with van der Waals surface area (Å²) in [6.45, 7) is 5.89. The van der Waals surface area contributed by atoms with E-state index in [1.54, 1.807) is 16.9 Å². The largest absolute Gasteiger partial charge is 0.332 e. The number of hydrogen-bond donors (Lipinski definition) is 1. The Labute approximate surface area is 134 Å². The topological polar surface area (TPSA) is 63.1 Å². The molecular formula is C16H20FN5O. The second-order valence-corrected chi connectivity index (χ2v) is 5.91. The molecule has 1 aliphatic rings. The second-order valence-electron chi connectivity index (χ2n) is 5.91. The van der Waals surface area contributed by atoms with Gasteiger partial charge in [0.05, 0.1) is 12.7 Å². The number of aromatic nitrogens is 3. The first-order valence-corrected chi connectivity index (χ1v) is 7.73. The molecule has 23 heavy (non-hydrogen) atoms. The Balaban J connectivity index is 1.72. The molecule has 0 radical (unpaired) electrons. The third-order valence-electron chi connectivity index (χ3n) is 4.29. The van der Waals surface area contributed by atoms with Gasteiger partial charge in [0.25, 0.3) is 5.91 Å². The fourth-order valence-electron chi connectivity index (χ4n) is 2.79. The zero-order chi connectivity index (χ0) is 16.4. The molecule has 1 fully saturated rings. The van der Waals surface area contributed by atoms with E-state index >= 15 is 0 Å². The highest BCUT2D eigenvalue weighted by molar-refractivity contribution is 5.92. The molecule has 0 spiro atoms. The molecule has 1 aromatic carbocycles. The molecule has 2 heterocycles. The average molecular weight is 317 g/mol. The molecule has 1 aromatic heterocycles. The minimum absolute atomic E-state index is 0.101. The molecule has 2 aromatic rings. The standard InChI is InChI=1S/C16H20FN5O/c1-11-12(2)22(7-6-18-11)16(23)15-10-21(20-19-15)9-13-4-3-5-14(17)8-13/h3-5,8,10-12,18H,6-7,9H2,1-2H3. The van der Waals surface area contributed by atoms with Gasteiger partial charge in [-0.1, -0.05) is 17.3 Å². The van der Waals surface area contributed by atoms with Crippen molar-refractivity contribution in [1.82, 2.24) is 25.2 Å². The predicted octanol–water partition coefficient (Wildman–Crippen LogP) is 1.29. The zero-order valence-corrected chi connectivity index (χ0v) is 13.2. The Kier molecular flexibility index (Phi) is 4.38. The van der Waals surface area contributed by atoms with Gasteiger partial charge in [0.2, 0.25) is 0 Å². The lowest BCUT2D eigenvalue weighted by atomic mass is 10.1. The number of piperazine rings is 1. The van der Waals surface area contributed by atoms with Crippen LogP contribution in [0, 0.1) is 5.82 Å². The van der Waals surface area contributed by atoms with E-state index in [1.165, 1.54) is 12.1 Å². The molecule has 7 heteroatoms. The van der Waals surface area contributed by atoms with E-state index in [1.807, 2.05) is 17.9 Å². The van der Waals surface area contributed by atoms with Crippen LogP contribution in [0.1, 0.15) is 29.9 Å². The fourth-order valence-corrected chi connectivity index (χ4v) is 2.79. The summed E-state index contributed by atoms with van der Waals surface area (Å²) in [5.41, 5.74) is 1.10. The van der Waals surface area contributed by atoms with E-state index in [9.17, 15) is 9.18 Å². The third-order valence-corrected chi connectivity index (χ3v) is 4.29. The average Bonchev–Trinajstić information content (AvgIpc) is 2.98. The molecule has 0 saturated carbocycles. The van der Waals surface area contributed by atoms with Crippen molar-refractivity contribution in [2.75, 3.05) is 13.1 Å². The molecule has 0 aliphatic carbocycles. The second kappa shape index (κ2) is 6.45. The molecular weight excluding hydrogens is 297 g/mol. The normalized spacial score (nSPS) is 21.4. The summed E-state index contributed by atoms with van der Waals surface area (Å²) in [7, 11) is 0. The van der Waals surface area contributed by atoms with Crippen LogP contribution in [0.5, 0.6) is 0 Å². The van der Waals surface area contributed by atoms with Gasteiger partial charge in [-0.05, 0) is 31.5 Å². The summed E-state index contributed by atoms with van der Waals surface area (Å²) in [6.07, 6.45) is 1.62. The molecule has 1 saturated heterocycles. The lowest BCUT2D eigenvalue weighted by Gasteiger charge is -2.38. The summed E-state index contributed by atoms with van der Waals surface area (Å²) in [6, 6.07) is 6.65. The lowest BCUT2D eigenvalue weighted by Crippen LogP contribution is -2.57. The Hall–Kier alpha value is -2.28. The number of carbonyl (C=O) groups is 1. The molecule has 2 unspecified atom stereocenters. The highest BCUT2D eigenvalue weighted by Crippen LogP contribution is 2.13. The van der Waals surface area contributed by atoms with Gasteiger partial charge in [-0.2, -0.15) is 0 Å². The van der Waals surface area contributed by atoms with Crippen LogP contribution in [0.4, 0.5) is 4.39 Å². The van der Waals surface area contributed by atoms with E-state index in [0.29, 0.717) is 18.8 Å². The monoisotopic (exact) mass is 317 g/mol. The van der Waals surface area contributed by atoms with E-state index in [2.05, 4.69) is 22.6 Å². The zero-order valence-electron chi connectivity index (χ0n) is 13.2. The highest BCUT2D eigenvalue weighted by Gasteiger charge is 2.30. The SMILES string of the molecule is CC1NCCN(C(=O)c2cn(Cc3cccc(F)c3)nn2)C1C. The van der Waals surface area contributed by atoms with Crippen LogP contribution in [0.2, 0.25) is 0 Å². The fraction of sp³-hybridized carbons (Fsp3) is 0.438. The van der Waals surface area contributed by atoms with Crippen LogP contribution in [-0.4, -0.2) is 51.0 Å². The quantitative estimate of drug-likeness (QED) is 0.926. The maximum Gasteiger partial charge on any atom is 0.276 e. The number of rotatable bonds is 3. The Bertz CT molecular complexity index is 701. The first kappa shape index (κ1) is 15.6. The summed E-state index contributed by atoms with van der Waals surface area (Å²) in [5.74, 6) is -0.404. The molecule has 1 aliphatic heterocycles. The van der Waals surface area contributed by atoms with Crippen molar-refractivity contribution in [2.24, 2.45) is 0 Å². The van der Waals surface area contributed by atoms with Crippen molar-refractivity contribution in [3.63, 3.8) is 0 Å². The minimum Gasteiger partial charge on any atom is -0.332 e. The van der Waals surface area contributed by atoms with E-state index < -0.39 is 0 Å². The summed E-state index contributed by atoms with van der Waals surface area (Å²) in [4.78, 5) is 14.4. The molecule has 2 atom stereocenters. The van der Waals surface area contributed by atoms with Gasteiger partial charge in [0.15, 0.2) is 5.69 Å². The van der Waals surface area contributed by atoms with Gasteiger partial charge < -0.3 is 10.2 Å². The van der Waals surface area contributed by atoms with Crippen molar-refractivity contribution in [1.29, 1.82) is 0 Å². The number of benzene rings is 1. The predicted molar refractivity (Wildman–Crippen MR) is 83.5 cm³/mol. The molecule has 1 N–H and O–H groups in total. The molecule has 6 nitrogen and oxygen atoms in total. The van der Waals surface area contributed by atoms with Crippen LogP contribution in [0.3, 0.4) is 0 Å². The van der Waals surface area contributed by atoms with Crippen molar-refractivity contribution < 1.29 is 9.18 Å². The van der Waals surface area contributed by atoms with Crippen molar-refractivity contribution in [3.05, 3.63) is 47.5 Å². The van der Waals surface area contributed by atoms with Crippen LogP contribution in [0.15, 0.2) is 30.5 Å². The first-order chi connectivity index (χ1) is 11.0. The van der Waals surface area contributed by atoms with Gasteiger partial charge in [-0.15, -0.1) is 5.10 Å². The van der Waals surface area contributed by atoms with E-state index in [-0.39, 0.29) is 23.8 Å². The number of halogens is 1. The van der Waals surface area contributed by atoms with Crippen LogP contribution in [-0.2, 0) is 6.54 Å². The van der Waals surface area contributed by atoms with Crippen molar-refractivity contribution in [2.45, 2.75) is 32.5 Å². The molecule has 0 bridgehead atoms. The van der Waals surface area contributed by atoms with Gasteiger partial charge in [0.1, 0.15) is 5.82 Å². The number of amides is 1. The van der Waals surface area contributed by atoms with Crippen LogP contribution in [0.25, 0.3) is 0 Å². The van der Waals surface area contributed by atoms with Crippen LogP contribution >= 0.6 is 0 Å². The molecule has 3 rings (SSSR count). The first-order valence-electron chi connectivity index (χ1n) is 7.73. The van der Waals surface area contributed by atoms with Gasteiger partial charge in [0, 0.05) is 25.2 Å². The summed E-state index contributed by atoms with van der Waals surface area (Å²) >= 11 is 0. The summed E-state index contributed by atoms with van der Waals surface area (Å²) in [5, 5.41) is 11.3. The Morgan fingerprint density at radius 3 is 3.04 bits per heavy atom. The van der Waals surface area contributed by atoms with Gasteiger partial charge in [-0.25, -0.2) is 9.07 Å². The van der Waals surface area contributed by atoms with Gasteiger partial charge in [-0.3, -0.25) is 4.79 Å². The smallest absolute Gasteiger partial charge is 0.276 e. The van der Waals surface area contributed by atoms with Gasteiger partial charge >= 0.3 is 0 Å². The molecule has 1 amide bonds. The maximum absolute atomic E-state index is 13.2. The minimum atomic E-state index is -0.289.